The number of nitrogens with zero attached hydrogens (tertiary/aromatic N) is 1. The Balaban J connectivity index is 1.57. The number of hydrogen-bond acceptors (Lipinski definition) is 4. The lowest BCUT2D eigenvalue weighted by molar-refractivity contribution is 0.00578. The van der Waals surface area contributed by atoms with Gasteiger partial charge in [-0.05, 0) is 88.6 Å². The largest absolute Gasteiger partial charge is 0.495 e. The molecule has 150 valence electrons. The molecule has 1 aromatic carbocycles. The van der Waals surface area contributed by atoms with E-state index >= 15 is 0 Å². The second-order valence-corrected chi connectivity index (χ2v) is 8.92. The Morgan fingerprint density at radius 3 is 2.46 bits per heavy atom. The van der Waals surface area contributed by atoms with Crippen LogP contribution in [-0.4, -0.2) is 42.4 Å². The summed E-state index contributed by atoms with van der Waals surface area (Å²) in [5.41, 5.74) is 1.48. The fourth-order valence-corrected chi connectivity index (χ4v) is 3.61. The number of halogens is 1. The van der Waals surface area contributed by atoms with Gasteiger partial charge in [0.1, 0.15) is 17.7 Å². The second-order valence-electron chi connectivity index (χ2n) is 8.92. The summed E-state index contributed by atoms with van der Waals surface area (Å²) < 4.78 is 31.8. The molecule has 0 saturated carbocycles. The van der Waals surface area contributed by atoms with E-state index in [9.17, 15) is 4.39 Å². The molecule has 1 unspecified atom stereocenters. The summed E-state index contributed by atoms with van der Waals surface area (Å²) in [5, 5.41) is 0. The Hall–Kier alpha value is -1.63. The molecule has 1 aliphatic carbocycles. The van der Waals surface area contributed by atoms with Gasteiger partial charge in [0.2, 0.25) is 0 Å². The molecule has 2 aliphatic heterocycles. The average molecular weight is 385 g/mol. The van der Waals surface area contributed by atoms with Gasteiger partial charge in [0, 0.05) is 13.0 Å². The quantitative estimate of drug-likeness (QED) is 0.723. The zero-order valence-corrected chi connectivity index (χ0v) is 17.2. The lowest BCUT2D eigenvalue weighted by atomic mass is 9.75. The first kappa shape index (κ1) is 19.7. The van der Waals surface area contributed by atoms with Crippen LogP contribution in [0.1, 0.15) is 46.1 Å². The molecule has 6 heteroatoms. The van der Waals surface area contributed by atoms with Crippen molar-refractivity contribution in [1.82, 2.24) is 4.90 Å². The van der Waals surface area contributed by atoms with Crippen molar-refractivity contribution in [3.05, 3.63) is 47.8 Å². The van der Waals surface area contributed by atoms with Gasteiger partial charge in [-0.2, -0.15) is 0 Å². The van der Waals surface area contributed by atoms with Gasteiger partial charge in [-0.25, -0.2) is 4.39 Å². The molecule has 0 aromatic heterocycles. The first-order valence-electron chi connectivity index (χ1n) is 10.1. The van der Waals surface area contributed by atoms with Gasteiger partial charge in [0.25, 0.3) is 0 Å². The van der Waals surface area contributed by atoms with Crippen LogP contribution in [0.3, 0.4) is 0 Å². The number of hydrogen-bond donors (Lipinski definition) is 0. The third-order valence-corrected chi connectivity index (χ3v) is 6.27. The minimum Gasteiger partial charge on any atom is -0.486 e. The molecule has 2 heterocycles. The van der Waals surface area contributed by atoms with E-state index in [0.717, 1.165) is 36.4 Å². The van der Waals surface area contributed by atoms with Gasteiger partial charge in [-0.3, -0.25) is 4.90 Å². The van der Waals surface area contributed by atoms with Crippen molar-refractivity contribution in [3.63, 3.8) is 0 Å². The molecule has 2 fully saturated rings. The maximum absolute atomic E-state index is 13.2. The molecular formula is C22H29BFNO3. The van der Waals surface area contributed by atoms with Crippen molar-refractivity contribution in [2.45, 2.75) is 64.4 Å². The van der Waals surface area contributed by atoms with Crippen molar-refractivity contribution in [2.24, 2.45) is 0 Å². The summed E-state index contributed by atoms with van der Waals surface area (Å²) >= 11 is 0. The Labute approximate surface area is 167 Å². The molecule has 0 radical (unpaired) electrons. The molecule has 0 spiro atoms. The van der Waals surface area contributed by atoms with E-state index in [1.165, 1.54) is 12.5 Å². The minimum atomic E-state index is -0.387. The zero-order chi connectivity index (χ0) is 19.9. The Morgan fingerprint density at radius 1 is 1.18 bits per heavy atom. The van der Waals surface area contributed by atoms with Gasteiger partial charge >= 0.3 is 7.12 Å². The van der Waals surface area contributed by atoms with Crippen molar-refractivity contribution in [3.8, 4) is 5.75 Å². The first-order valence-corrected chi connectivity index (χ1v) is 10.1. The Morgan fingerprint density at radius 2 is 1.89 bits per heavy atom. The summed E-state index contributed by atoms with van der Waals surface area (Å²) in [4.78, 5) is 2.41. The smallest absolute Gasteiger partial charge is 0.486 e. The highest BCUT2D eigenvalue weighted by atomic mass is 19.1. The normalized spacial score (nSPS) is 26.1. The van der Waals surface area contributed by atoms with Crippen molar-refractivity contribution in [1.29, 1.82) is 0 Å². The summed E-state index contributed by atoms with van der Waals surface area (Å²) in [5.74, 6) is 0.593. The number of likely N-dealkylation sites (tertiary alicyclic amines) is 1. The van der Waals surface area contributed by atoms with E-state index in [1.807, 2.05) is 6.07 Å². The third-order valence-electron chi connectivity index (χ3n) is 6.27. The van der Waals surface area contributed by atoms with Crippen LogP contribution in [0.5, 0.6) is 5.75 Å². The van der Waals surface area contributed by atoms with Crippen LogP contribution in [-0.2, 0) is 15.9 Å². The van der Waals surface area contributed by atoms with Gasteiger partial charge in [0.15, 0.2) is 0 Å². The van der Waals surface area contributed by atoms with E-state index in [1.54, 1.807) is 12.2 Å². The van der Waals surface area contributed by atoms with Gasteiger partial charge in [0.05, 0.1) is 11.2 Å². The third kappa shape index (κ3) is 3.91. The number of benzene rings is 1. The SMILES string of the molecule is CC1(C)OB(c2ccc(OC3C=CC(F)=CC3)cc2CN2CCC2)OC1(C)C. The van der Waals surface area contributed by atoms with E-state index < -0.39 is 0 Å². The number of rotatable bonds is 5. The molecular weight excluding hydrogens is 356 g/mol. The Bertz CT molecular complexity index is 785. The molecule has 0 N–H and O–H groups in total. The van der Waals surface area contributed by atoms with Crippen LogP contribution in [0.15, 0.2) is 42.3 Å². The van der Waals surface area contributed by atoms with Crippen LogP contribution in [0.4, 0.5) is 4.39 Å². The highest BCUT2D eigenvalue weighted by Gasteiger charge is 2.52. The highest BCUT2D eigenvalue weighted by Crippen LogP contribution is 2.37. The highest BCUT2D eigenvalue weighted by molar-refractivity contribution is 6.62. The maximum Gasteiger partial charge on any atom is 0.495 e. The fraction of sp³-hybridized carbons (Fsp3) is 0.545. The Kier molecular flexibility index (Phi) is 5.15. The molecule has 28 heavy (non-hydrogen) atoms. The summed E-state index contributed by atoms with van der Waals surface area (Å²) in [7, 11) is -0.387. The topological polar surface area (TPSA) is 30.9 Å². The summed E-state index contributed by atoms with van der Waals surface area (Å²) in [6.45, 7) is 11.4. The number of allylic oxidation sites excluding steroid dienone is 2. The molecule has 4 nitrogen and oxygen atoms in total. The van der Waals surface area contributed by atoms with E-state index in [-0.39, 0.29) is 30.3 Å². The van der Waals surface area contributed by atoms with Crippen LogP contribution >= 0.6 is 0 Å². The number of ether oxygens (including phenoxy) is 1. The average Bonchev–Trinajstić information content (AvgIpc) is 2.81. The molecule has 1 atom stereocenters. The van der Waals surface area contributed by atoms with Crippen LogP contribution in [0, 0.1) is 0 Å². The van der Waals surface area contributed by atoms with Crippen LogP contribution < -0.4 is 10.2 Å². The van der Waals surface area contributed by atoms with E-state index in [0.29, 0.717) is 6.42 Å². The summed E-state index contributed by atoms with van der Waals surface area (Å²) in [6, 6.07) is 6.10. The molecule has 2 saturated heterocycles. The zero-order valence-electron chi connectivity index (χ0n) is 17.2. The monoisotopic (exact) mass is 385 g/mol. The molecule has 4 rings (SSSR count). The lowest BCUT2D eigenvalue weighted by Gasteiger charge is -2.32. The second kappa shape index (κ2) is 7.32. The molecule has 3 aliphatic rings. The fourth-order valence-electron chi connectivity index (χ4n) is 3.61. The van der Waals surface area contributed by atoms with Gasteiger partial charge < -0.3 is 14.0 Å². The molecule has 0 amide bonds. The predicted molar refractivity (Wildman–Crippen MR) is 109 cm³/mol. The minimum absolute atomic E-state index is 0.140. The first-order chi connectivity index (χ1) is 13.2. The van der Waals surface area contributed by atoms with Crippen molar-refractivity contribution >= 4 is 12.6 Å². The standard InChI is InChI=1S/C22H29BFNO3/c1-21(2)22(3,4)28-23(27-21)20-11-10-19(14-16(20)15-25-12-5-13-25)26-18-8-6-17(24)7-9-18/h6-8,10-11,14,18H,5,9,12-13,15H2,1-4H3. The van der Waals surface area contributed by atoms with E-state index in [2.05, 4.69) is 44.7 Å². The van der Waals surface area contributed by atoms with Crippen LogP contribution in [0.25, 0.3) is 0 Å². The molecule has 0 bridgehead atoms. The van der Waals surface area contributed by atoms with Crippen molar-refractivity contribution < 1.29 is 18.4 Å². The predicted octanol–water partition coefficient (Wildman–Crippen LogP) is 3.75. The van der Waals surface area contributed by atoms with E-state index in [4.69, 9.17) is 14.0 Å². The lowest BCUT2D eigenvalue weighted by Crippen LogP contribution is -2.42. The van der Waals surface area contributed by atoms with Crippen LogP contribution in [0.2, 0.25) is 0 Å². The van der Waals surface area contributed by atoms with Crippen molar-refractivity contribution in [2.75, 3.05) is 13.1 Å². The van der Waals surface area contributed by atoms with Gasteiger partial charge in [-0.15, -0.1) is 0 Å². The molecule has 1 aromatic rings. The maximum atomic E-state index is 13.2. The summed E-state index contributed by atoms with van der Waals surface area (Å²) in [6.07, 6.45) is 6.44. The van der Waals surface area contributed by atoms with Gasteiger partial charge in [-0.1, -0.05) is 6.07 Å².